The van der Waals surface area contributed by atoms with Crippen LogP contribution in [0.2, 0.25) is 0 Å². The molecule has 0 fully saturated rings. The molecule has 0 aliphatic carbocycles. The van der Waals surface area contributed by atoms with Crippen molar-refractivity contribution >= 4 is 0 Å². The second-order valence-electron chi connectivity index (χ2n) is 3.47. The van der Waals surface area contributed by atoms with Crippen LogP contribution in [0.25, 0.3) is 0 Å². The van der Waals surface area contributed by atoms with E-state index in [1.54, 1.807) is 0 Å². The van der Waals surface area contributed by atoms with Crippen LogP contribution in [0.1, 0.15) is 6.92 Å². The molecule has 1 nitrogen and oxygen atoms in total. The van der Waals surface area contributed by atoms with E-state index in [-0.39, 0.29) is 0 Å². The lowest BCUT2D eigenvalue weighted by Crippen LogP contribution is -2.67. The molecule has 0 unspecified atom stereocenters. The summed E-state index contributed by atoms with van der Waals surface area (Å²) in [5.41, 5.74) is 0. The standard InChI is InChI=1S/C7H6F10O/c1-3(8,9)5(12,13)7(16,17)6(14,15)4(10,11)2-18/h18H,2H2,1H3. The zero-order valence-electron chi connectivity index (χ0n) is 8.43. The smallest absolute Gasteiger partial charge is 0.384 e. The molecule has 0 aromatic rings. The molecule has 1 N–H and O–H groups in total. The molecule has 0 radical (unpaired) electrons. The summed E-state index contributed by atoms with van der Waals surface area (Å²) in [6.07, 6.45) is 0. The van der Waals surface area contributed by atoms with Crippen molar-refractivity contribution in [2.75, 3.05) is 6.61 Å². The summed E-state index contributed by atoms with van der Waals surface area (Å²) < 4.78 is 124. The van der Waals surface area contributed by atoms with Gasteiger partial charge in [-0.05, 0) is 0 Å². The van der Waals surface area contributed by atoms with E-state index in [2.05, 4.69) is 0 Å². The summed E-state index contributed by atoms with van der Waals surface area (Å²) in [6.45, 7) is -3.74. The van der Waals surface area contributed by atoms with Crippen LogP contribution in [0.4, 0.5) is 43.9 Å². The van der Waals surface area contributed by atoms with E-state index in [1.165, 1.54) is 0 Å². The summed E-state index contributed by atoms with van der Waals surface area (Å²) in [5.74, 6) is -32.3. The van der Waals surface area contributed by atoms with E-state index >= 15 is 0 Å². The van der Waals surface area contributed by atoms with Crippen LogP contribution in [0.15, 0.2) is 0 Å². The third-order valence-corrected chi connectivity index (χ3v) is 2.00. The van der Waals surface area contributed by atoms with Gasteiger partial charge >= 0.3 is 29.6 Å². The lowest BCUT2D eigenvalue weighted by Gasteiger charge is -2.38. The van der Waals surface area contributed by atoms with Crippen LogP contribution in [-0.4, -0.2) is 41.3 Å². The van der Waals surface area contributed by atoms with Gasteiger partial charge in [0.15, 0.2) is 0 Å². The Morgan fingerprint density at radius 3 is 1.22 bits per heavy atom. The summed E-state index contributed by atoms with van der Waals surface area (Å²) in [5, 5.41) is 7.77. The summed E-state index contributed by atoms with van der Waals surface area (Å²) in [6, 6.07) is 0. The molecule has 11 heteroatoms. The topological polar surface area (TPSA) is 20.2 Å². The maximum Gasteiger partial charge on any atom is 0.384 e. The minimum atomic E-state index is -7.06. The molecule has 0 aliphatic rings. The third-order valence-electron chi connectivity index (χ3n) is 2.00. The molecule has 0 amide bonds. The first-order chi connectivity index (χ1) is 7.56. The fraction of sp³-hybridized carbons (Fsp3) is 1.00. The van der Waals surface area contributed by atoms with Crippen molar-refractivity contribution in [2.24, 2.45) is 0 Å². The van der Waals surface area contributed by atoms with Gasteiger partial charge < -0.3 is 5.11 Å². The van der Waals surface area contributed by atoms with E-state index in [1.807, 2.05) is 0 Å². The Balaban J connectivity index is 5.80. The monoisotopic (exact) mass is 296 g/mol. The largest absolute Gasteiger partial charge is 0.390 e. The fourth-order valence-electron chi connectivity index (χ4n) is 0.802. The van der Waals surface area contributed by atoms with E-state index in [0.717, 1.165) is 0 Å². The zero-order chi connectivity index (χ0) is 15.2. The second kappa shape index (κ2) is 4.14. The summed E-state index contributed by atoms with van der Waals surface area (Å²) in [7, 11) is 0. The predicted molar refractivity (Wildman–Crippen MR) is 37.5 cm³/mol. The van der Waals surface area contributed by atoms with E-state index in [9.17, 15) is 43.9 Å². The first kappa shape index (κ1) is 17.3. The Bertz CT molecular complexity index is 304. The minimum absolute atomic E-state index is 0.825. The molecule has 0 atom stereocenters. The average Bonchev–Trinajstić information content (AvgIpc) is 2.15. The van der Waals surface area contributed by atoms with Crippen LogP contribution < -0.4 is 0 Å². The van der Waals surface area contributed by atoms with E-state index < -0.39 is 43.1 Å². The van der Waals surface area contributed by atoms with Crippen LogP contribution >= 0.6 is 0 Å². The van der Waals surface area contributed by atoms with Crippen molar-refractivity contribution in [1.29, 1.82) is 0 Å². The highest BCUT2D eigenvalue weighted by atomic mass is 19.4. The molecule has 110 valence electrons. The quantitative estimate of drug-likeness (QED) is 0.773. The first-order valence-electron chi connectivity index (χ1n) is 4.06. The molecule has 0 spiro atoms. The third kappa shape index (κ3) is 2.12. The van der Waals surface area contributed by atoms with Crippen molar-refractivity contribution in [3.63, 3.8) is 0 Å². The first-order valence-corrected chi connectivity index (χ1v) is 4.06. The molecule has 0 saturated heterocycles. The number of halogens is 10. The lowest BCUT2D eigenvalue weighted by molar-refractivity contribution is -0.401. The Kier molecular flexibility index (Phi) is 3.97. The number of alkyl halides is 10. The maximum absolute atomic E-state index is 12.6. The molecule has 0 aromatic heterocycles. The summed E-state index contributed by atoms with van der Waals surface area (Å²) >= 11 is 0. The van der Waals surface area contributed by atoms with Crippen LogP contribution in [0, 0.1) is 0 Å². The Hall–Kier alpha value is -0.740. The van der Waals surface area contributed by atoms with Crippen molar-refractivity contribution in [1.82, 2.24) is 0 Å². The fourth-order valence-corrected chi connectivity index (χ4v) is 0.802. The number of hydrogen-bond acceptors (Lipinski definition) is 1. The van der Waals surface area contributed by atoms with Gasteiger partial charge in [-0.15, -0.1) is 0 Å². The van der Waals surface area contributed by atoms with Gasteiger partial charge in [-0.3, -0.25) is 0 Å². The molecular formula is C7H6F10O. The molecule has 0 heterocycles. The molecule has 18 heavy (non-hydrogen) atoms. The maximum atomic E-state index is 12.6. The van der Waals surface area contributed by atoms with Gasteiger partial charge in [0.1, 0.15) is 6.61 Å². The Labute approximate surface area is 93.4 Å². The van der Waals surface area contributed by atoms with Crippen molar-refractivity contribution in [3.8, 4) is 0 Å². The highest BCUT2D eigenvalue weighted by molar-refractivity contribution is 5.07. The van der Waals surface area contributed by atoms with Crippen molar-refractivity contribution in [2.45, 2.75) is 36.5 Å². The van der Waals surface area contributed by atoms with Crippen LogP contribution in [-0.2, 0) is 0 Å². The zero-order valence-corrected chi connectivity index (χ0v) is 8.43. The van der Waals surface area contributed by atoms with Gasteiger partial charge in [0.2, 0.25) is 0 Å². The average molecular weight is 296 g/mol. The highest BCUT2D eigenvalue weighted by Crippen LogP contribution is 2.56. The van der Waals surface area contributed by atoms with Crippen molar-refractivity contribution < 1.29 is 49.0 Å². The lowest BCUT2D eigenvalue weighted by atomic mass is 9.95. The second-order valence-corrected chi connectivity index (χ2v) is 3.47. The van der Waals surface area contributed by atoms with E-state index in [4.69, 9.17) is 5.11 Å². The molecule has 0 aromatic carbocycles. The molecular weight excluding hydrogens is 290 g/mol. The number of aliphatic hydroxyl groups is 1. The van der Waals surface area contributed by atoms with E-state index in [0.29, 0.717) is 0 Å². The Morgan fingerprint density at radius 1 is 0.667 bits per heavy atom. The number of rotatable bonds is 5. The van der Waals surface area contributed by atoms with Crippen molar-refractivity contribution in [3.05, 3.63) is 0 Å². The SMILES string of the molecule is CC(F)(F)C(F)(F)C(F)(F)C(F)(F)C(F)(F)CO. The normalized spacial score (nSPS) is 16.0. The molecule has 0 saturated carbocycles. The van der Waals surface area contributed by atoms with Crippen LogP contribution in [0.3, 0.4) is 0 Å². The van der Waals surface area contributed by atoms with Crippen LogP contribution in [0.5, 0.6) is 0 Å². The van der Waals surface area contributed by atoms with Gasteiger partial charge in [0.05, 0.1) is 0 Å². The number of aliphatic hydroxyl groups excluding tert-OH is 1. The van der Waals surface area contributed by atoms with Gasteiger partial charge in [-0.2, -0.15) is 43.9 Å². The molecule has 0 aliphatic heterocycles. The predicted octanol–water partition coefficient (Wildman–Crippen LogP) is 3.18. The Morgan fingerprint density at radius 2 is 1.00 bits per heavy atom. The van der Waals surface area contributed by atoms with Gasteiger partial charge in [-0.1, -0.05) is 0 Å². The van der Waals surface area contributed by atoms with Gasteiger partial charge in [0.25, 0.3) is 0 Å². The van der Waals surface area contributed by atoms with Gasteiger partial charge in [-0.25, -0.2) is 0 Å². The molecule has 0 bridgehead atoms. The highest BCUT2D eigenvalue weighted by Gasteiger charge is 2.85. The van der Waals surface area contributed by atoms with Gasteiger partial charge in [0, 0.05) is 6.92 Å². The minimum Gasteiger partial charge on any atom is -0.390 e. The number of hydrogen-bond donors (Lipinski definition) is 1. The summed E-state index contributed by atoms with van der Waals surface area (Å²) in [4.78, 5) is 0. The molecule has 0 rings (SSSR count).